The smallest absolute Gasteiger partial charge is 0.211 e. The molecule has 1 saturated heterocycles. The highest BCUT2D eigenvalue weighted by Gasteiger charge is 2.66. The first-order chi connectivity index (χ1) is 14.0. The molecule has 0 amide bonds. The number of rotatable bonds is 8. The number of ether oxygens (including phenoxy) is 1. The number of sulfone groups is 1. The Bertz CT molecular complexity index is 979. The van der Waals surface area contributed by atoms with Gasteiger partial charge in [-0.1, -0.05) is 81.5 Å². The molecule has 30 heavy (non-hydrogen) atoms. The predicted molar refractivity (Wildman–Crippen MR) is 124 cm³/mol. The van der Waals surface area contributed by atoms with Crippen LogP contribution in [0, 0.1) is 0 Å². The van der Waals surface area contributed by atoms with Gasteiger partial charge in [0, 0.05) is 6.42 Å². The van der Waals surface area contributed by atoms with E-state index in [4.69, 9.17) is 9.16 Å². The zero-order valence-corrected chi connectivity index (χ0v) is 20.3. The highest BCUT2D eigenvalue weighted by atomic mass is 32.2. The molecule has 0 saturated carbocycles. The highest BCUT2D eigenvalue weighted by Crippen LogP contribution is 2.49. The largest absolute Gasteiger partial charge is 0.414 e. The van der Waals surface area contributed by atoms with E-state index in [-0.39, 0.29) is 16.4 Å². The van der Waals surface area contributed by atoms with E-state index in [9.17, 15) is 8.42 Å². The fraction of sp³-hybridized carbons (Fsp3) is 0.417. The van der Waals surface area contributed by atoms with Gasteiger partial charge in [0.25, 0.3) is 0 Å². The van der Waals surface area contributed by atoms with Gasteiger partial charge in [-0.25, -0.2) is 8.42 Å². The second kappa shape index (κ2) is 8.42. The maximum atomic E-state index is 13.5. The lowest BCUT2D eigenvalue weighted by molar-refractivity contribution is 0.240. The molecule has 2 aromatic rings. The molecular weight excluding hydrogens is 412 g/mol. The third-order valence-corrected chi connectivity index (χ3v) is 13.0. The van der Waals surface area contributed by atoms with E-state index in [0.717, 1.165) is 5.56 Å². The van der Waals surface area contributed by atoms with Crippen LogP contribution < -0.4 is 0 Å². The van der Waals surface area contributed by atoms with Crippen molar-refractivity contribution in [3.8, 4) is 0 Å². The Balaban J connectivity index is 1.83. The van der Waals surface area contributed by atoms with Gasteiger partial charge in [0.1, 0.15) is 6.10 Å². The van der Waals surface area contributed by atoms with Gasteiger partial charge in [0.05, 0.1) is 11.5 Å². The molecule has 4 nitrogen and oxygen atoms in total. The van der Waals surface area contributed by atoms with E-state index in [0.29, 0.717) is 6.61 Å². The first-order valence-electron chi connectivity index (χ1n) is 10.3. The molecule has 1 fully saturated rings. The van der Waals surface area contributed by atoms with Gasteiger partial charge in [-0.15, -0.1) is 0 Å². The van der Waals surface area contributed by atoms with Crippen LogP contribution in [0.1, 0.15) is 32.8 Å². The van der Waals surface area contributed by atoms with Gasteiger partial charge >= 0.3 is 0 Å². The number of hydrogen-bond acceptors (Lipinski definition) is 4. The summed E-state index contributed by atoms with van der Waals surface area (Å²) >= 11 is 0. The maximum absolute atomic E-state index is 13.5. The van der Waals surface area contributed by atoms with Crippen LogP contribution in [0.15, 0.2) is 71.6 Å². The summed E-state index contributed by atoms with van der Waals surface area (Å²) in [7, 11) is -5.68. The molecule has 1 heterocycles. The minimum Gasteiger partial charge on any atom is -0.414 e. The van der Waals surface area contributed by atoms with Crippen LogP contribution in [-0.4, -0.2) is 34.4 Å². The lowest BCUT2D eigenvalue weighted by atomic mass is 10.1. The van der Waals surface area contributed by atoms with Crippen molar-refractivity contribution in [2.75, 3.05) is 6.61 Å². The molecular formula is C24H32O4SSi. The Kier molecular flexibility index (Phi) is 6.44. The molecule has 0 unspecified atom stereocenters. The lowest BCUT2D eigenvalue weighted by Gasteiger charge is -2.36. The average molecular weight is 445 g/mol. The summed E-state index contributed by atoms with van der Waals surface area (Å²) in [6, 6.07) is 18.4. The SMILES string of the molecule is CC(C)(C)[Si](C)(C)OC[C@@H]1O[C@@]1(C/C=C/c1ccccc1)S(=O)(=O)c1ccccc1. The van der Waals surface area contributed by atoms with Gasteiger partial charge in [-0.2, -0.15) is 0 Å². The molecule has 162 valence electrons. The summed E-state index contributed by atoms with van der Waals surface area (Å²) in [5, 5.41) is 0.0517. The Morgan fingerprint density at radius 1 is 1.03 bits per heavy atom. The summed E-state index contributed by atoms with van der Waals surface area (Å²) in [5.41, 5.74) is 1.03. The van der Waals surface area contributed by atoms with E-state index in [1.807, 2.05) is 48.6 Å². The fourth-order valence-corrected chi connectivity index (χ4v) is 6.00. The third-order valence-electron chi connectivity index (χ3n) is 6.20. The fourth-order valence-electron chi connectivity index (χ4n) is 3.12. The molecule has 0 N–H and O–H groups in total. The topological polar surface area (TPSA) is 55.9 Å². The second-order valence-corrected chi connectivity index (χ2v) is 16.3. The van der Waals surface area contributed by atoms with Gasteiger partial charge in [-0.3, -0.25) is 0 Å². The van der Waals surface area contributed by atoms with Crippen molar-refractivity contribution < 1.29 is 17.6 Å². The minimum absolute atomic E-state index is 0.0517. The molecule has 0 radical (unpaired) electrons. The molecule has 2 atom stereocenters. The van der Waals surface area contributed by atoms with Gasteiger partial charge < -0.3 is 9.16 Å². The number of benzene rings is 2. The number of epoxide rings is 1. The van der Waals surface area contributed by atoms with Gasteiger partial charge in [0.15, 0.2) is 8.32 Å². The molecule has 0 spiro atoms. The zero-order valence-electron chi connectivity index (χ0n) is 18.5. The molecule has 0 aliphatic carbocycles. The van der Waals surface area contributed by atoms with Crippen molar-refractivity contribution in [2.45, 2.75) is 61.3 Å². The summed E-state index contributed by atoms with van der Waals surface area (Å²) in [4.78, 5) is -0.991. The highest BCUT2D eigenvalue weighted by molar-refractivity contribution is 7.93. The van der Waals surface area contributed by atoms with Crippen molar-refractivity contribution in [1.29, 1.82) is 0 Å². The van der Waals surface area contributed by atoms with Gasteiger partial charge in [-0.05, 0) is 35.8 Å². The van der Waals surface area contributed by atoms with E-state index in [2.05, 4.69) is 33.9 Å². The number of hydrogen-bond donors (Lipinski definition) is 0. The molecule has 2 aromatic carbocycles. The molecule has 3 rings (SSSR count). The molecule has 6 heteroatoms. The van der Waals surface area contributed by atoms with Crippen molar-refractivity contribution in [3.63, 3.8) is 0 Å². The normalized spacial score (nSPS) is 22.4. The molecule has 1 aliphatic heterocycles. The summed E-state index contributed by atoms with van der Waals surface area (Å²) in [6.07, 6.45) is 3.64. The monoisotopic (exact) mass is 444 g/mol. The lowest BCUT2D eigenvalue weighted by Crippen LogP contribution is -2.42. The molecule has 0 bridgehead atoms. The van der Waals surface area contributed by atoms with Crippen molar-refractivity contribution in [2.24, 2.45) is 0 Å². The Morgan fingerprint density at radius 3 is 2.17 bits per heavy atom. The first-order valence-corrected chi connectivity index (χ1v) is 14.7. The van der Waals surface area contributed by atoms with Gasteiger partial charge in [0.2, 0.25) is 14.8 Å². The Labute approximate surface area is 182 Å². The average Bonchev–Trinajstić information content (AvgIpc) is 3.42. The van der Waals surface area contributed by atoms with Crippen LogP contribution >= 0.6 is 0 Å². The molecule has 0 aromatic heterocycles. The predicted octanol–water partition coefficient (Wildman–Crippen LogP) is 5.68. The summed E-state index contributed by atoms with van der Waals surface area (Å²) in [6.45, 7) is 11.1. The van der Waals surface area contributed by atoms with Crippen LogP contribution in [0.2, 0.25) is 18.1 Å². The van der Waals surface area contributed by atoms with Crippen molar-refractivity contribution in [3.05, 3.63) is 72.3 Å². The first kappa shape index (κ1) is 22.9. The van der Waals surface area contributed by atoms with E-state index >= 15 is 0 Å². The van der Waals surface area contributed by atoms with Crippen LogP contribution in [0.3, 0.4) is 0 Å². The quantitative estimate of drug-likeness (QED) is 0.388. The van der Waals surface area contributed by atoms with Crippen LogP contribution in [0.5, 0.6) is 0 Å². The van der Waals surface area contributed by atoms with Crippen LogP contribution in [0.4, 0.5) is 0 Å². The van der Waals surface area contributed by atoms with Crippen LogP contribution in [-0.2, 0) is 19.0 Å². The third kappa shape index (κ3) is 4.62. The second-order valence-electron chi connectivity index (χ2n) is 9.32. The Hall–Kier alpha value is -1.73. The maximum Gasteiger partial charge on any atom is 0.211 e. The minimum atomic E-state index is -3.67. The van der Waals surface area contributed by atoms with Crippen molar-refractivity contribution >= 4 is 24.2 Å². The standard InChI is InChI=1S/C24H32O4SSi/c1-23(2,3)30(4,5)27-19-22-24(28-22,18-12-15-20-13-8-6-9-14-20)29(25,26)21-16-10-7-11-17-21/h6-17,22H,18-19H2,1-5H3/b15-12+/t22-,24-/m0/s1. The van der Waals surface area contributed by atoms with E-state index < -0.39 is 29.2 Å². The molecule has 1 aliphatic rings. The van der Waals surface area contributed by atoms with E-state index in [1.165, 1.54) is 0 Å². The Morgan fingerprint density at radius 2 is 1.60 bits per heavy atom. The van der Waals surface area contributed by atoms with Crippen LogP contribution in [0.25, 0.3) is 6.08 Å². The summed E-state index contributed by atoms with van der Waals surface area (Å²) in [5.74, 6) is 0. The van der Waals surface area contributed by atoms with E-state index in [1.54, 1.807) is 24.3 Å². The van der Waals surface area contributed by atoms with Crippen molar-refractivity contribution in [1.82, 2.24) is 0 Å². The zero-order chi connectivity index (χ0) is 22.0. The summed E-state index contributed by atoms with van der Waals surface area (Å²) < 4.78 is 39.2.